The van der Waals surface area contributed by atoms with Gasteiger partial charge in [-0.3, -0.25) is 0 Å². The number of fused-ring (bicyclic) bond motifs is 3. The molecule has 4 rings (SSSR count). The molecule has 104 valence electrons. The summed E-state index contributed by atoms with van der Waals surface area (Å²) in [6, 6.07) is 16.7. The van der Waals surface area contributed by atoms with Gasteiger partial charge in [0.25, 0.3) is 0 Å². The first-order chi connectivity index (χ1) is 10.3. The molecule has 0 aliphatic heterocycles. The molecule has 1 aliphatic rings. The van der Waals surface area contributed by atoms with Crippen LogP contribution in [0, 0.1) is 0 Å². The molecule has 1 heterocycles. The van der Waals surface area contributed by atoms with Gasteiger partial charge >= 0.3 is 0 Å². The zero-order valence-electron chi connectivity index (χ0n) is 12.1. The summed E-state index contributed by atoms with van der Waals surface area (Å²) >= 11 is 0. The van der Waals surface area contributed by atoms with Gasteiger partial charge in [0, 0.05) is 11.1 Å². The number of benzene rings is 2. The highest BCUT2D eigenvalue weighted by Crippen LogP contribution is 2.41. The van der Waals surface area contributed by atoms with Gasteiger partial charge in [0.1, 0.15) is 0 Å². The molecule has 1 unspecified atom stereocenters. The van der Waals surface area contributed by atoms with E-state index in [2.05, 4.69) is 60.0 Å². The van der Waals surface area contributed by atoms with Gasteiger partial charge in [0.15, 0.2) is 0 Å². The van der Waals surface area contributed by atoms with E-state index in [-0.39, 0.29) is 0 Å². The molecule has 0 spiro atoms. The summed E-state index contributed by atoms with van der Waals surface area (Å²) in [6.07, 6.45) is 5.60. The van der Waals surface area contributed by atoms with Crippen molar-refractivity contribution in [2.45, 2.75) is 19.3 Å². The maximum absolute atomic E-state index is 6.31. The third-order valence-electron chi connectivity index (χ3n) is 4.37. The van der Waals surface area contributed by atoms with Crippen LogP contribution in [0.4, 0.5) is 5.69 Å². The van der Waals surface area contributed by atoms with Gasteiger partial charge in [-0.15, -0.1) is 0 Å². The molecule has 21 heavy (non-hydrogen) atoms. The van der Waals surface area contributed by atoms with E-state index in [1.54, 1.807) is 0 Å². The van der Waals surface area contributed by atoms with Gasteiger partial charge in [0.2, 0.25) is 0 Å². The molecular weight excluding hydrogens is 256 g/mol. The van der Waals surface area contributed by atoms with Crippen molar-refractivity contribution in [1.29, 1.82) is 0 Å². The molecule has 0 radical (unpaired) electrons. The number of anilines is 1. The highest BCUT2D eigenvalue weighted by Gasteiger charge is 2.23. The second-order valence-electron chi connectivity index (χ2n) is 5.75. The number of hydrogen-bond acceptors (Lipinski definition) is 1. The molecule has 2 nitrogen and oxygen atoms in total. The topological polar surface area (TPSA) is 30.9 Å². The van der Waals surface area contributed by atoms with Crippen LogP contribution in [0.1, 0.15) is 30.5 Å². The number of nitrogens with zero attached hydrogens (tertiary/aromatic N) is 1. The van der Waals surface area contributed by atoms with E-state index >= 15 is 0 Å². The second kappa shape index (κ2) is 4.52. The fourth-order valence-electron chi connectivity index (χ4n) is 3.44. The molecule has 0 saturated carbocycles. The van der Waals surface area contributed by atoms with Crippen LogP contribution in [0.2, 0.25) is 0 Å². The number of para-hydroxylation sites is 2. The summed E-state index contributed by atoms with van der Waals surface area (Å²) < 4.78 is 2.30. The SMILES string of the molecule is CC1CC=Cc2c1c1cccc(N)c1n2-c1ccccc1. The van der Waals surface area contributed by atoms with E-state index < -0.39 is 0 Å². The fraction of sp³-hybridized carbons (Fsp3) is 0.158. The number of nitrogens with two attached hydrogens (primary N) is 1. The number of allylic oxidation sites excluding steroid dienone is 1. The Morgan fingerprint density at radius 3 is 2.67 bits per heavy atom. The molecular formula is C19H18N2. The monoisotopic (exact) mass is 274 g/mol. The van der Waals surface area contributed by atoms with E-state index in [0.29, 0.717) is 5.92 Å². The van der Waals surface area contributed by atoms with Crippen molar-refractivity contribution >= 4 is 22.7 Å². The average molecular weight is 274 g/mol. The van der Waals surface area contributed by atoms with Crippen molar-refractivity contribution in [3.05, 3.63) is 65.9 Å². The van der Waals surface area contributed by atoms with Crippen molar-refractivity contribution in [2.75, 3.05) is 5.73 Å². The Balaban J connectivity index is 2.18. The Labute approximate surface area is 124 Å². The van der Waals surface area contributed by atoms with Crippen LogP contribution in [-0.2, 0) is 0 Å². The fourth-order valence-corrected chi connectivity index (χ4v) is 3.44. The van der Waals surface area contributed by atoms with Crippen molar-refractivity contribution in [3.63, 3.8) is 0 Å². The zero-order valence-corrected chi connectivity index (χ0v) is 12.1. The van der Waals surface area contributed by atoms with E-state index in [1.165, 1.54) is 22.3 Å². The van der Waals surface area contributed by atoms with Crippen LogP contribution in [0.15, 0.2) is 54.6 Å². The molecule has 2 N–H and O–H groups in total. The molecule has 0 amide bonds. The van der Waals surface area contributed by atoms with E-state index in [0.717, 1.165) is 17.6 Å². The third-order valence-corrected chi connectivity index (χ3v) is 4.37. The van der Waals surface area contributed by atoms with Crippen molar-refractivity contribution in [2.24, 2.45) is 0 Å². The maximum atomic E-state index is 6.31. The molecule has 1 atom stereocenters. The Hall–Kier alpha value is -2.48. The van der Waals surface area contributed by atoms with Gasteiger partial charge < -0.3 is 10.3 Å². The lowest BCUT2D eigenvalue weighted by Gasteiger charge is -2.16. The van der Waals surface area contributed by atoms with Gasteiger partial charge in [-0.2, -0.15) is 0 Å². The zero-order chi connectivity index (χ0) is 14.4. The predicted molar refractivity (Wildman–Crippen MR) is 89.8 cm³/mol. The molecule has 1 aromatic heterocycles. The van der Waals surface area contributed by atoms with Crippen LogP contribution in [0.25, 0.3) is 22.7 Å². The summed E-state index contributed by atoms with van der Waals surface area (Å²) in [5.74, 6) is 0.527. The highest BCUT2D eigenvalue weighted by molar-refractivity contribution is 5.98. The Kier molecular flexibility index (Phi) is 2.64. The number of rotatable bonds is 1. The molecule has 1 aliphatic carbocycles. The summed E-state index contributed by atoms with van der Waals surface area (Å²) in [5, 5.41) is 1.28. The lowest BCUT2D eigenvalue weighted by molar-refractivity contribution is 0.773. The van der Waals surface area contributed by atoms with Gasteiger partial charge in [-0.05, 0) is 42.2 Å². The smallest absolute Gasteiger partial charge is 0.0767 e. The Bertz CT molecular complexity index is 841. The first-order valence-corrected chi connectivity index (χ1v) is 7.42. The molecule has 2 heteroatoms. The summed E-state index contributed by atoms with van der Waals surface area (Å²) in [7, 11) is 0. The summed E-state index contributed by atoms with van der Waals surface area (Å²) in [4.78, 5) is 0. The van der Waals surface area contributed by atoms with Gasteiger partial charge in [-0.1, -0.05) is 43.3 Å². The third kappa shape index (κ3) is 1.72. The van der Waals surface area contributed by atoms with Crippen molar-refractivity contribution in [3.8, 4) is 5.69 Å². The predicted octanol–water partition coefficient (Wildman–Crippen LogP) is 4.73. The Morgan fingerprint density at radius 1 is 1.05 bits per heavy atom. The van der Waals surface area contributed by atoms with Gasteiger partial charge in [0.05, 0.1) is 16.9 Å². The van der Waals surface area contributed by atoms with Crippen LogP contribution in [0.3, 0.4) is 0 Å². The van der Waals surface area contributed by atoms with Gasteiger partial charge in [-0.25, -0.2) is 0 Å². The lowest BCUT2D eigenvalue weighted by atomic mass is 9.90. The number of hydrogen-bond donors (Lipinski definition) is 1. The summed E-state index contributed by atoms with van der Waals surface area (Å²) in [6.45, 7) is 2.29. The first kappa shape index (κ1) is 12.3. The summed E-state index contributed by atoms with van der Waals surface area (Å²) in [5.41, 5.74) is 12.1. The van der Waals surface area contributed by atoms with E-state index in [9.17, 15) is 0 Å². The van der Waals surface area contributed by atoms with E-state index in [1.807, 2.05) is 12.1 Å². The van der Waals surface area contributed by atoms with Crippen LogP contribution in [0.5, 0.6) is 0 Å². The minimum atomic E-state index is 0.527. The number of nitrogen functional groups attached to an aromatic ring is 1. The highest BCUT2D eigenvalue weighted by atomic mass is 15.0. The minimum Gasteiger partial charge on any atom is -0.397 e. The molecule has 0 bridgehead atoms. The quantitative estimate of drug-likeness (QED) is 0.639. The second-order valence-corrected chi connectivity index (χ2v) is 5.75. The maximum Gasteiger partial charge on any atom is 0.0767 e. The molecule has 3 aromatic rings. The van der Waals surface area contributed by atoms with Crippen molar-refractivity contribution < 1.29 is 0 Å². The van der Waals surface area contributed by atoms with Crippen LogP contribution < -0.4 is 5.73 Å². The molecule has 2 aromatic carbocycles. The average Bonchev–Trinajstić information content (AvgIpc) is 2.85. The number of aromatic nitrogens is 1. The lowest BCUT2D eigenvalue weighted by Crippen LogP contribution is -2.03. The standard InChI is InChI=1S/C19H18N2/c1-13-7-5-12-17-18(13)15-10-6-11-16(20)19(15)21(17)14-8-3-2-4-9-14/h2-6,8-13H,7,20H2,1H3. The van der Waals surface area contributed by atoms with Crippen LogP contribution in [-0.4, -0.2) is 4.57 Å². The van der Waals surface area contributed by atoms with E-state index in [4.69, 9.17) is 5.73 Å². The Morgan fingerprint density at radius 2 is 1.86 bits per heavy atom. The molecule has 0 fully saturated rings. The van der Waals surface area contributed by atoms with Crippen molar-refractivity contribution in [1.82, 2.24) is 4.57 Å². The van der Waals surface area contributed by atoms with Crippen LogP contribution >= 0.6 is 0 Å². The largest absolute Gasteiger partial charge is 0.397 e. The normalized spacial score (nSPS) is 17.1. The minimum absolute atomic E-state index is 0.527. The first-order valence-electron chi connectivity index (χ1n) is 7.42. The molecule has 0 saturated heterocycles.